The third kappa shape index (κ3) is 4.73. The number of ether oxygens (including phenoxy) is 1. The summed E-state index contributed by atoms with van der Waals surface area (Å²) in [6, 6.07) is 19.5. The standard InChI is InChI=1S/C27H28N2O3/c1-2-32-26(30)16-21-8-3-4-12-25(21)29-27(31)22-14-20-10-6-11-23(20)24(15-22)19-9-5-7-18(13-19)17-28/h3-5,7-9,12-15H,2,6,10-11,16-17,28H2,1H3,(H,29,31). The highest BCUT2D eigenvalue weighted by Crippen LogP contribution is 2.34. The van der Waals surface area contributed by atoms with Gasteiger partial charge in [0.1, 0.15) is 0 Å². The maximum Gasteiger partial charge on any atom is 0.310 e. The molecular formula is C27H28N2O3. The number of carbonyl (C=O) groups excluding carboxylic acids is 2. The van der Waals surface area contributed by atoms with Crippen molar-refractivity contribution in [2.45, 2.75) is 39.2 Å². The molecule has 0 aliphatic heterocycles. The van der Waals surface area contributed by atoms with Crippen LogP contribution in [0.4, 0.5) is 5.69 Å². The topological polar surface area (TPSA) is 81.4 Å². The van der Waals surface area contributed by atoms with Crippen LogP contribution in [0.15, 0.2) is 60.7 Å². The average molecular weight is 429 g/mol. The Balaban J connectivity index is 1.65. The van der Waals surface area contributed by atoms with Gasteiger partial charge in [-0.3, -0.25) is 9.59 Å². The summed E-state index contributed by atoms with van der Waals surface area (Å²) in [7, 11) is 0. The van der Waals surface area contributed by atoms with Gasteiger partial charge in [0, 0.05) is 17.8 Å². The minimum atomic E-state index is -0.311. The summed E-state index contributed by atoms with van der Waals surface area (Å²) in [6.45, 7) is 2.59. The van der Waals surface area contributed by atoms with Crippen LogP contribution in [0.5, 0.6) is 0 Å². The predicted octanol–water partition coefficient (Wildman–Crippen LogP) is 4.66. The molecule has 1 aliphatic carbocycles. The summed E-state index contributed by atoms with van der Waals surface area (Å²) >= 11 is 0. The number of amides is 1. The Morgan fingerprint density at radius 1 is 1.03 bits per heavy atom. The number of anilines is 1. The van der Waals surface area contributed by atoms with Gasteiger partial charge in [-0.1, -0.05) is 36.4 Å². The summed E-state index contributed by atoms with van der Waals surface area (Å²) in [5.41, 5.74) is 13.6. The lowest BCUT2D eigenvalue weighted by molar-refractivity contribution is -0.142. The van der Waals surface area contributed by atoms with E-state index in [4.69, 9.17) is 10.5 Å². The Labute approximate surface area is 188 Å². The van der Waals surface area contributed by atoms with E-state index in [9.17, 15) is 9.59 Å². The molecular weight excluding hydrogens is 400 g/mol. The van der Waals surface area contributed by atoms with Gasteiger partial charge in [0.05, 0.1) is 13.0 Å². The van der Waals surface area contributed by atoms with Crippen molar-refractivity contribution < 1.29 is 14.3 Å². The largest absolute Gasteiger partial charge is 0.466 e. The van der Waals surface area contributed by atoms with Crippen LogP contribution in [-0.2, 0) is 35.3 Å². The third-order valence-corrected chi connectivity index (χ3v) is 5.86. The summed E-state index contributed by atoms with van der Waals surface area (Å²) in [5, 5.41) is 3.00. The lowest BCUT2D eigenvalue weighted by Crippen LogP contribution is -2.16. The van der Waals surface area contributed by atoms with Crippen LogP contribution < -0.4 is 11.1 Å². The van der Waals surface area contributed by atoms with Gasteiger partial charge in [0.15, 0.2) is 0 Å². The Hall–Kier alpha value is -3.44. The summed E-state index contributed by atoms with van der Waals surface area (Å²) in [4.78, 5) is 25.2. The molecule has 32 heavy (non-hydrogen) atoms. The second-order valence-corrected chi connectivity index (χ2v) is 8.01. The van der Waals surface area contributed by atoms with E-state index >= 15 is 0 Å². The van der Waals surface area contributed by atoms with Crippen LogP contribution in [0, 0.1) is 0 Å². The normalized spacial score (nSPS) is 12.3. The molecule has 164 valence electrons. The van der Waals surface area contributed by atoms with Gasteiger partial charge in [-0.05, 0) is 83.8 Å². The minimum Gasteiger partial charge on any atom is -0.466 e. The first-order valence-electron chi connectivity index (χ1n) is 11.1. The maximum atomic E-state index is 13.2. The van der Waals surface area contributed by atoms with E-state index in [1.54, 1.807) is 6.92 Å². The molecule has 0 radical (unpaired) electrons. The summed E-state index contributed by atoms with van der Waals surface area (Å²) in [5.74, 6) is -0.499. The molecule has 0 fully saturated rings. The van der Waals surface area contributed by atoms with Gasteiger partial charge in [-0.15, -0.1) is 0 Å². The van der Waals surface area contributed by atoms with E-state index < -0.39 is 0 Å². The Kier molecular flexibility index (Phi) is 6.66. The molecule has 0 bridgehead atoms. The number of para-hydroxylation sites is 1. The van der Waals surface area contributed by atoms with Crippen molar-refractivity contribution in [1.82, 2.24) is 0 Å². The number of nitrogens with two attached hydrogens (primary N) is 1. The minimum absolute atomic E-state index is 0.117. The third-order valence-electron chi connectivity index (χ3n) is 5.86. The molecule has 0 aromatic heterocycles. The number of carbonyl (C=O) groups is 2. The van der Waals surface area contributed by atoms with Crippen LogP contribution >= 0.6 is 0 Å². The van der Waals surface area contributed by atoms with E-state index in [0.717, 1.165) is 41.5 Å². The van der Waals surface area contributed by atoms with Gasteiger partial charge >= 0.3 is 5.97 Å². The molecule has 3 N–H and O–H groups in total. The van der Waals surface area contributed by atoms with Crippen molar-refractivity contribution in [3.05, 3.63) is 88.5 Å². The Bertz CT molecular complexity index is 1150. The zero-order valence-electron chi connectivity index (χ0n) is 18.3. The molecule has 0 heterocycles. The maximum absolute atomic E-state index is 13.2. The second kappa shape index (κ2) is 9.79. The fraction of sp³-hybridized carbons (Fsp3) is 0.259. The molecule has 5 heteroatoms. The monoisotopic (exact) mass is 428 g/mol. The molecule has 3 aromatic rings. The van der Waals surface area contributed by atoms with E-state index in [1.165, 1.54) is 11.1 Å². The summed E-state index contributed by atoms with van der Waals surface area (Å²) < 4.78 is 5.06. The molecule has 4 rings (SSSR count). The van der Waals surface area contributed by atoms with E-state index in [1.807, 2.05) is 48.5 Å². The molecule has 0 spiro atoms. The second-order valence-electron chi connectivity index (χ2n) is 8.01. The smallest absolute Gasteiger partial charge is 0.310 e. The first kappa shape index (κ1) is 21.8. The van der Waals surface area contributed by atoms with Crippen LogP contribution in [-0.4, -0.2) is 18.5 Å². The molecule has 0 atom stereocenters. The molecule has 5 nitrogen and oxygen atoms in total. The lowest BCUT2D eigenvalue weighted by atomic mass is 9.93. The number of fused-ring (bicyclic) bond motifs is 1. The zero-order valence-corrected chi connectivity index (χ0v) is 18.3. The quantitative estimate of drug-likeness (QED) is 0.537. The molecule has 0 unspecified atom stereocenters. The van der Waals surface area contributed by atoms with Crippen LogP contribution in [0.2, 0.25) is 0 Å². The highest BCUT2D eigenvalue weighted by molar-refractivity contribution is 6.06. The van der Waals surface area contributed by atoms with E-state index in [2.05, 4.69) is 17.4 Å². The van der Waals surface area contributed by atoms with Crippen molar-refractivity contribution in [2.24, 2.45) is 5.73 Å². The van der Waals surface area contributed by atoms with Gasteiger partial charge in [0.2, 0.25) is 0 Å². The van der Waals surface area contributed by atoms with E-state index in [0.29, 0.717) is 24.4 Å². The van der Waals surface area contributed by atoms with Crippen molar-refractivity contribution in [2.75, 3.05) is 11.9 Å². The van der Waals surface area contributed by atoms with Crippen LogP contribution in [0.1, 0.15) is 46.0 Å². The number of nitrogens with one attached hydrogen (secondary N) is 1. The fourth-order valence-electron chi connectivity index (χ4n) is 4.32. The lowest BCUT2D eigenvalue weighted by Gasteiger charge is -2.15. The number of aryl methyl sites for hydroxylation is 1. The van der Waals surface area contributed by atoms with Crippen molar-refractivity contribution in [3.8, 4) is 11.1 Å². The van der Waals surface area contributed by atoms with Gasteiger partial charge in [-0.25, -0.2) is 0 Å². The molecule has 3 aromatic carbocycles. The molecule has 0 saturated heterocycles. The first-order valence-corrected chi connectivity index (χ1v) is 11.1. The predicted molar refractivity (Wildman–Crippen MR) is 127 cm³/mol. The SMILES string of the molecule is CCOC(=O)Cc1ccccc1NC(=O)c1cc2c(c(-c3cccc(CN)c3)c1)CCC2. The summed E-state index contributed by atoms with van der Waals surface area (Å²) in [6.07, 6.45) is 3.19. The molecule has 0 saturated carbocycles. The van der Waals surface area contributed by atoms with E-state index in [-0.39, 0.29) is 18.3 Å². The fourth-order valence-corrected chi connectivity index (χ4v) is 4.32. The number of esters is 1. The van der Waals surface area contributed by atoms with Crippen molar-refractivity contribution >= 4 is 17.6 Å². The Morgan fingerprint density at radius 2 is 1.88 bits per heavy atom. The number of hydrogen-bond donors (Lipinski definition) is 2. The highest BCUT2D eigenvalue weighted by atomic mass is 16.5. The van der Waals surface area contributed by atoms with Crippen LogP contribution in [0.3, 0.4) is 0 Å². The van der Waals surface area contributed by atoms with Crippen molar-refractivity contribution in [1.29, 1.82) is 0 Å². The highest BCUT2D eigenvalue weighted by Gasteiger charge is 2.20. The molecule has 1 amide bonds. The molecule has 1 aliphatic rings. The van der Waals surface area contributed by atoms with Crippen LogP contribution in [0.25, 0.3) is 11.1 Å². The Morgan fingerprint density at radius 3 is 2.69 bits per heavy atom. The zero-order chi connectivity index (χ0) is 22.5. The van der Waals surface area contributed by atoms with Gasteiger partial charge in [0.25, 0.3) is 5.91 Å². The van der Waals surface area contributed by atoms with Crippen molar-refractivity contribution in [3.63, 3.8) is 0 Å². The average Bonchev–Trinajstić information content (AvgIpc) is 3.28. The number of benzene rings is 3. The van der Waals surface area contributed by atoms with Gasteiger partial charge in [-0.2, -0.15) is 0 Å². The van der Waals surface area contributed by atoms with Gasteiger partial charge < -0.3 is 15.8 Å². The number of rotatable bonds is 7. The first-order chi connectivity index (χ1) is 15.6. The number of hydrogen-bond acceptors (Lipinski definition) is 4.